The summed E-state index contributed by atoms with van der Waals surface area (Å²) >= 11 is 0. The number of guanidine groups is 2. The van der Waals surface area contributed by atoms with Gasteiger partial charge in [0.05, 0.1) is 6.54 Å². The molecule has 0 unspecified atom stereocenters. The molecule has 0 fully saturated rings. The van der Waals surface area contributed by atoms with Crippen LogP contribution < -0.4 is 34.2 Å². The lowest BCUT2D eigenvalue weighted by molar-refractivity contribution is -0.460. The molecular weight excluding hydrogens is 226 g/mol. The SMILES string of the molecule is [CH2-]CCCN=C(N)NC(N)=[NH+]CCCC.[Cl-]. The van der Waals surface area contributed by atoms with Gasteiger partial charge < -0.3 is 25.1 Å². The number of rotatable bonds is 6. The van der Waals surface area contributed by atoms with Crippen molar-refractivity contribution in [1.29, 1.82) is 0 Å². The minimum atomic E-state index is 0. The smallest absolute Gasteiger partial charge is 0.348 e. The largest absolute Gasteiger partial charge is 1.00 e. The van der Waals surface area contributed by atoms with Crippen molar-refractivity contribution in [3.8, 4) is 0 Å². The van der Waals surface area contributed by atoms with Crippen LogP contribution in [0.2, 0.25) is 0 Å². The summed E-state index contributed by atoms with van der Waals surface area (Å²) < 4.78 is 0. The number of nitrogens with one attached hydrogen (secondary N) is 2. The molecule has 0 rings (SSSR count). The summed E-state index contributed by atoms with van der Waals surface area (Å²) in [6, 6.07) is 0. The molecule has 0 aliphatic heterocycles. The lowest BCUT2D eigenvalue weighted by Crippen LogP contribution is -3.00. The molecule has 16 heavy (non-hydrogen) atoms. The summed E-state index contributed by atoms with van der Waals surface area (Å²) in [6.45, 7) is 7.38. The van der Waals surface area contributed by atoms with E-state index in [1.165, 1.54) is 0 Å². The van der Waals surface area contributed by atoms with Crippen LogP contribution in [0, 0.1) is 6.92 Å². The topological polar surface area (TPSA) is 90.4 Å². The van der Waals surface area contributed by atoms with E-state index in [9.17, 15) is 0 Å². The quantitative estimate of drug-likeness (QED) is 0.166. The minimum absolute atomic E-state index is 0. The average Bonchev–Trinajstić information content (AvgIpc) is 2.18. The van der Waals surface area contributed by atoms with Crippen molar-refractivity contribution >= 4 is 11.9 Å². The van der Waals surface area contributed by atoms with E-state index >= 15 is 0 Å². The van der Waals surface area contributed by atoms with E-state index in [2.05, 4.69) is 29.1 Å². The fourth-order valence-electron chi connectivity index (χ4n) is 0.933. The van der Waals surface area contributed by atoms with E-state index in [0.717, 1.165) is 32.2 Å². The maximum atomic E-state index is 5.64. The highest BCUT2D eigenvalue weighted by Gasteiger charge is 2.00. The van der Waals surface area contributed by atoms with Gasteiger partial charge in [0.25, 0.3) is 5.96 Å². The first-order valence-corrected chi connectivity index (χ1v) is 5.43. The Bertz CT molecular complexity index is 193. The van der Waals surface area contributed by atoms with E-state index in [1.807, 2.05) is 0 Å². The first-order valence-electron chi connectivity index (χ1n) is 5.43. The number of hydrogen-bond donors (Lipinski definition) is 4. The van der Waals surface area contributed by atoms with E-state index < -0.39 is 0 Å². The van der Waals surface area contributed by atoms with Crippen LogP contribution in [0.1, 0.15) is 32.6 Å². The third-order valence-corrected chi connectivity index (χ3v) is 1.80. The monoisotopic (exact) mass is 248 g/mol. The molecule has 96 valence electrons. The number of halogens is 1. The van der Waals surface area contributed by atoms with Gasteiger partial charge in [-0.3, -0.25) is 10.7 Å². The van der Waals surface area contributed by atoms with Crippen molar-refractivity contribution in [3.63, 3.8) is 0 Å². The summed E-state index contributed by atoms with van der Waals surface area (Å²) in [7, 11) is 0. The highest BCUT2D eigenvalue weighted by atomic mass is 35.5. The molecule has 5 nitrogen and oxygen atoms in total. The minimum Gasteiger partial charge on any atom is -1.00 e. The first-order chi connectivity index (χ1) is 7.20. The fraction of sp³-hybridized carbons (Fsp3) is 0.700. The summed E-state index contributed by atoms with van der Waals surface area (Å²) in [5.74, 6) is 0.810. The molecule has 0 spiro atoms. The normalized spacial score (nSPS) is 12.1. The Hall–Kier alpha value is -0.970. The maximum Gasteiger partial charge on any atom is 0.348 e. The van der Waals surface area contributed by atoms with E-state index in [1.54, 1.807) is 0 Å². The molecule has 0 saturated carbocycles. The predicted octanol–water partition coefficient (Wildman–Crippen LogP) is -4.30. The molecule has 0 saturated heterocycles. The second-order valence-electron chi connectivity index (χ2n) is 3.29. The predicted molar refractivity (Wildman–Crippen MR) is 64.1 cm³/mol. The molecular formula is C10H23ClN5-. The van der Waals surface area contributed by atoms with Crippen LogP contribution >= 0.6 is 0 Å². The second-order valence-corrected chi connectivity index (χ2v) is 3.29. The number of hydrogen-bond acceptors (Lipinski definition) is 1. The zero-order chi connectivity index (χ0) is 11.5. The summed E-state index contributed by atoms with van der Waals surface area (Å²) in [5.41, 5.74) is 11.2. The van der Waals surface area contributed by atoms with Gasteiger partial charge in [0, 0.05) is 6.54 Å². The van der Waals surface area contributed by atoms with Gasteiger partial charge in [0.1, 0.15) is 0 Å². The van der Waals surface area contributed by atoms with Gasteiger partial charge in [-0.25, -0.2) is 10.3 Å². The lowest BCUT2D eigenvalue weighted by Gasteiger charge is -1.99. The Kier molecular flexibility index (Phi) is 13.2. The van der Waals surface area contributed by atoms with Crippen molar-refractivity contribution in [1.82, 2.24) is 5.32 Å². The van der Waals surface area contributed by atoms with Gasteiger partial charge in [0.2, 0.25) is 0 Å². The highest BCUT2D eigenvalue weighted by Crippen LogP contribution is 1.84. The van der Waals surface area contributed by atoms with Gasteiger partial charge in [-0.2, -0.15) is 6.42 Å². The lowest BCUT2D eigenvalue weighted by atomic mass is 10.3. The Labute approximate surface area is 104 Å². The zero-order valence-electron chi connectivity index (χ0n) is 9.93. The van der Waals surface area contributed by atoms with Gasteiger partial charge in [-0.05, 0) is 6.42 Å². The molecule has 0 heterocycles. The number of nitrogens with two attached hydrogens (primary N) is 2. The van der Waals surface area contributed by atoms with Gasteiger partial charge in [-0.15, -0.1) is 0 Å². The highest BCUT2D eigenvalue weighted by molar-refractivity contribution is 5.94. The zero-order valence-corrected chi connectivity index (χ0v) is 10.7. The molecule has 0 aromatic carbocycles. The molecule has 6 N–H and O–H groups in total. The second kappa shape index (κ2) is 12.1. The molecule has 0 aromatic heterocycles. The maximum absolute atomic E-state index is 5.64. The van der Waals surface area contributed by atoms with Crippen LogP contribution in [0.4, 0.5) is 0 Å². The Morgan fingerprint density at radius 1 is 1.38 bits per heavy atom. The summed E-state index contributed by atoms with van der Waals surface area (Å²) in [4.78, 5) is 7.10. The van der Waals surface area contributed by atoms with Crippen molar-refractivity contribution in [2.75, 3.05) is 13.1 Å². The Morgan fingerprint density at radius 2 is 2.06 bits per heavy atom. The Morgan fingerprint density at radius 3 is 2.62 bits per heavy atom. The number of nitrogens with zero attached hydrogens (tertiary/aromatic N) is 1. The van der Waals surface area contributed by atoms with Crippen molar-refractivity contribution in [2.24, 2.45) is 16.5 Å². The number of unbranched alkanes of at least 4 members (excludes halogenated alkanes) is 2. The average molecular weight is 249 g/mol. The van der Waals surface area contributed by atoms with Crippen molar-refractivity contribution in [2.45, 2.75) is 32.6 Å². The fourth-order valence-corrected chi connectivity index (χ4v) is 0.933. The molecule has 0 amide bonds. The van der Waals surface area contributed by atoms with Gasteiger partial charge >= 0.3 is 5.96 Å². The molecule has 6 heteroatoms. The number of aliphatic imine (C=N–C) groups is 1. The third-order valence-electron chi connectivity index (χ3n) is 1.80. The van der Waals surface area contributed by atoms with Crippen molar-refractivity contribution < 1.29 is 17.4 Å². The third kappa shape index (κ3) is 11.1. The van der Waals surface area contributed by atoms with Crippen LogP contribution in [-0.2, 0) is 0 Å². The Balaban J connectivity index is 0. The summed E-state index contributed by atoms with van der Waals surface area (Å²) in [6.07, 6.45) is 4.02. The molecule has 0 aliphatic rings. The standard InChI is InChI=1S/C10H22N5.ClH/c1-3-5-7-13-9(11)15-10(12)14-8-6-4-2;/h1,3-8H2,2H3,(H5,11,12,13,14,15);1H/q-1;. The van der Waals surface area contributed by atoms with Gasteiger partial charge in [-0.1, -0.05) is 19.8 Å². The van der Waals surface area contributed by atoms with Crippen LogP contribution in [0.15, 0.2) is 4.99 Å². The molecule has 0 aromatic rings. The first kappa shape index (κ1) is 17.4. The molecule has 0 aliphatic carbocycles. The summed E-state index contributed by atoms with van der Waals surface area (Å²) in [5, 5.41) is 2.79. The van der Waals surface area contributed by atoms with Gasteiger partial charge in [0.15, 0.2) is 0 Å². The van der Waals surface area contributed by atoms with Crippen LogP contribution in [0.3, 0.4) is 0 Å². The molecule has 0 atom stereocenters. The van der Waals surface area contributed by atoms with Crippen molar-refractivity contribution in [3.05, 3.63) is 6.92 Å². The van der Waals surface area contributed by atoms with Crippen LogP contribution in [0.25, 0.3) is 0 Å². The van der Waals surface area contributed by atoms with E-state index in [0.29, 0.717) is 18.5 Å². The van der Waals surface area contributed by atoms with E-state index in [4.69, 9.17) is 11.5 Å². The van der Waals surface area contributed by atoms with Crippen LogP contribution in [-0.4, -0.2) is 25.0 Å². The van der Waals surface area contributed by atoms with Crippen LogP contribution in [0.5, 0.6) is 0 Å². The molecule has 0 bridgehead atoms. The molecule has 0 radical (unpaired) electrons. The van der Waals surface area contributed by atoms with E-state index in [-0.39, 0.29) is 12.4 Å².